The highest BCUT2D eigenvalue weighted by atomic mass is 79.9. The van der Waals surface area contributed by atoms with E-state index in [-0.39, 0.29) is 5.78 Å². The molecule has 116 valence electrons. The van der Waals surface area contributed by atoms with Crippen molar-refractivity contribution in [1.82, 2.24) is 0 Å². The number of quaternary nitrogens is 1. The Bertz CT molecular complexity index is 448. The Morgan fingerprint density at radius 3 is 1.90 bits per heavy atom. The van der Waals surface area contributed by atoms with Crippen LogP contribution in [0.2, 0.25) is 0 Å². The molecule has 0 aliphatic heterocycles. The topological polar surface area (TPSA) is 17.1 Å². The third-order valence-electron chi connectivity index (χ3n) is 3.68. The van der Waals surface area contributed by atoms with Crippen molar-refractivity contribution >= 4 is 21.7 Å². The van der Waals surface area contributed by atoms with E-state index < -0.39 is 0 Å². The maximum Gasteiger partial charge on any atom is 0.191 e. The van der Waals surface area contributed by atoms with Crippen LogP contribution in [0.25, 0.3) is 0 Å². The molecular weight excluding hydrogens is 326 g/mol. The fraction of sp³-hybridized carbons (Fsp3) is 0.500. The fourth-order valence-corrected chi connectivity index (χ4v) is 3.10. The van der Waals surface area contributed by atoms with Gasteiger partial charge in [-0.1, -0.05) is 36.7 Å². The Labute approximate surface area is 137 Å². The summed E-state index contributed by atoms with van der Waals surface area (Å²) in [4.78, 5) is 12.3. The molecule has 0 atom stereocenters. The van der Waals surface area contributed by atoms with Gasteiger partial charge in [0, 0.05) is 16.1 Å². The van der Waals surface area contributed by atoms with Crippen molar-refractivity contribution in [2.75, 3.05) is 19.6 Å². The summed E-state index contributed by atoms with van der Waals surface area (Å²) in [6, 6.07) is 7.55. The molecule has 3 heteroatoms. The van der Waals surface area contributed by atoms with E-state index in [4.69, 9.17) is 0 Å². The number of hydrogen-bond acceptors (Lipinski definition) is 1. The molecule has 0 heterocycles. The zero-order chi connectivity index (χ0) is 15.7. The molecule has 0 radical (unpaired) electrons. The van der Waals surface area contributed by atoms with E-state index in [1.165, 1.54) is 0 Å². The van der Waals surface area contributed by atoms with Crippen LogP contribution >= 0.6 is 15.9 Å². The zero-order valence-corrected chi connectivity index (χ0v) is 15.0. The Morgan fingerprint density at radius 2 is 1.48 bits per heavy atom. The summed E-state index contributed by atoms with van der Waals surface area (Å²) in [7, 11) is 0. The Balaban J connectivity index is 2.89. The van der Waals surface area contributed by atoms with Gasteiger partial charge >= 0.3 is 0 Å². The monoisotopic (exact) mass is 352 g/mol. The van der Waals surface area contributed by atoms with Crippen LogP contribution in [0.15, 0.2) is 41.0 Å². The first-order chi connectivity index (χ1) is 10.1. The molecule has 0 unspecified atom stereocenters. The number of rotatable bonds is 9. The van der Waals surface area contributed by atoms with Crippen LogP contribution in [0.3, 0.4) is 0 Å². The summed E-state index contributed by atoms with van der Waals surface area (Å²) >= 11 is 3.39. The predicted molar refractivity (Wildman–Crippen MR) is 93.3 cm³/mol. The van der Waals surface area contributed by atoms with Crippen molar-refractivity contribution in [3.05, 3.63) is 46.6 Å². The van der Waals surface area contributed by atoms with Crippen molar-refractivity contribution in [1.29, 1.82) is 0 Å². The molecule has 0 fully saturated rings. The van der Waals surface area contributed by atoms with Gasteiger partial charge in [0.1, 0.15) is 0 Å². The van der Waals surface area contributed by atoms with Gasteiger partial charge in [-0.2, -0.15) is 0 Å². The summed E-state index contributed by atoms with van der Waals surface area (Å²) in [6.07, 6.45) is 7.30. The van der Waals surface area contributed by atoms with Gasteiger partial charge in [-0.25, -0.2) is 0 Å². The molecule has 0 saturated heterocycles. The Kier molecular flexibility index (Phi) is 7.91. The van der Waals surface area contributed by atoms with Crippen LogP contribution in [-0.4, -0.2) is 29.9 Å². The van der Waals surface area contributed by atoms with Crippen LogP contribution in [0.1, 0.15) is 50.4 Å². The van der Waals surface area contributed by atoms with Crippen molar-refractivity contribution in [3.8, 4) is 0 Å². The Morgan fingerprint density at radius 1 is 1.00 bits per heavy atom. The number of benzene rings is 1. The van der Waals surface area contributed by atoms with Gasteiger partial charge in [-0.15, -0.1) is 0 Å². The second kappa shape index (κ2) is 9.16. The molecule has 0 aliphatic rings. The number of nitrogens with zero attached hydrogens (tertiary/aromatic N) is 1. The second-order valence-electron chi connectivity index (χ2n) is 5.58. The molecule has 0 N–H and O–H groups in total. The summed E-state index contributed by atoms with van der Waals surface area (Å²) < 4.78 is 1.92. The molecule has 1 aromatic carbocycles. The number of allylic oxidation sites excluding steroid dienone is 1. The highest BCUT2D eigenvalue weighted by Crippen LogP contribution is 2.15. The molecule has 0 spiro atoms. The number of halogens is 1. The lowest BCUT2D eigenvalue weighted by Gasteiger charge is -2.34. The van der Waals surface area contributed by atoms with Crippen molar-refractivity contribution in [2.24, 2.45) is 0 Å². The molecule has 2 nitrogen and oxygen atoms in total. The first kappa shape index (κ1) is 18.1. The number of carbonyl (C=O) groups excluding carboxylic acids is 1. The van der Waals surface area contributed by atoms with Gasteiger partial charge in [0.2, 0.25) is 0 Å². The smallest absolute Gasteiger partial charge is 0.191 e. The highest BCUT2D eigenvalue weighted by molar-refractivity contribution is 9.10. The lowest BCUT2D eigenvalue weighted by atomic mass is 10.1. The zero-order valence-electron chi connectivity index (χ0n) is 13.4. The molecule has 0 aromatic heterocycles. The second-order valence-corrected chi connectivity index (χ2v) is 6.49. The summed E-state index contributed by atoms with van der Waals surface area (Å²) in [5.74, 6) is 0.0910. The molecule has 0 bridgehead atoms. The first-order valence-electron chi connectivity index (χ1n) is 7.91. The summed E-state index contributed by atoms with van der Waals surface area (Å²) in [6.45, 7) is 9.94. The van der Waals surface area contributed by atoms with Crippen LogP contribution in [0.5, 0.6) is 0 Å². The van der Waals surface area contributed by atoms with E-state index in [9.17, 15) is 4.79 Å². The average molecular weight is 353 g/mol. The van der Waals surface area contributed by atoms with Crippen LogP contribution in [-0.2, 0) is 0 Å². The molecule has 1 rings (SSSR count). The molecule has 0 saturated carbocycles. The van der Waals surface area contributed by atoms with Gasteiger partial charge in [0.05, 0.1) is 25.8 Å². The highest BCUT2D eigenvalue weighted by Gasteiger charge is 2.22. The van der Waals surface area contributed by atoms with E-state index in [1.54, 1.807) is 6.08 Å². The number of carbonyl (C=O) groups is 1. The van der Waals surface area contributed by atoms with Crippen LogP contribution in [0, 0.1) is 0 Å². The maximum absolute atomic E-state index is 12.3. The lowest BCUT2D eigenvalue weighted by molar-refractivity contribution is -0.879. The molecule has 1 aromatic rings. The first-order valence-corrected chi connectivity index (χ1v) is 8.71. The molecule has 0 aliphatic carbocycles. The largest absolute Gasteiger partial charge is 0.297 e. The minimum Gasteiger partial charge on any atom is -0.297 e. The SMILES string of the molecule is CCC[N+](C=CC(=O)c1ccc(Br)cc1)(CCC)CCC. The van der Waals surface area contributed by atoms with Crippen LogP contribution < -0.4 is 0 Å². The predicted octanol–water partition coefficient (Wildman–Crippen LogP) is 5.19. The summed E-state index contributed by atoms with van der Waals surface area (Å²) in [5, 5.41) is 0. The molecular formula is C18H27BrNO+. The third kappa shape index (κ3) is 5.76. The van der Waals surface area contributed by atoms with Gasteiger partial charge in [0.15, 0.2) is 5.78 Å². The summed E-state index contributed by atoms with van der Waals surface area (Å²) in [5.41, 5.74) is 0.747. The van der Waals surface area contributed by atoms with Crippen molar-refractivity contribution in [3.63, 3.8) is 0 Å². The van der Waals surface area contributed by atoms with Crippen LogP contribution in [0.4, 0.5) is 0 Å². The van der Waals surface area contributed by atoms with Gasteiger partial charge in [-0.05, 0) is 43.5 Å². The number of hydrogen-bond donors (Lipinski definition) is 0. The average Bonchev–Trinajstić information content (AvgIpc) is 2.46. The van der Waals surface area contributed by atoms with Crippen molar-refractivity contribution in [2.45, 2.75) is 40.0 Å². The molecule has 0 amide bonds. The molecule has 21 heavy (non-hydrogen) atoms. The van der Waals surface area contributed by atoms with Gasteiger partial charge in [0.25, 0.3) is 0 Å². The minimum atomic E-state index is 0.0910. The van der Waals surface area contributed by atoms with Crippen molar-refractivity contribution < 1.29 is 9.28 Å². The van der Waals surface area contributed by atoms with E-state index in [0.29, 0.717) is 0 Å². The normalized spacial score (nSPS) is 12.0. The van der Waals surface area contributed by atoms with Gasteiger partial charge < -0.3 is 0 Å². The maximum atomic E-state index is 12.3. The third-order valence-corrected chi connectivity index (χ3v) is 4.21. The van der Waals surface area contributed by atoms with E-state index in [1.807, 2.05) is 24.3 Å². The quantitative estimate of drug-likeness (QED) is 0.339. The van der Waals surface area contributed by atoms with E-state index in [2.05, 4.69) is 42.9 Å². The standard InChI is InChI=1S/C18H27BrNO/c1-4-12-20(13-5-2,14-6-3)15-11-18(21)16-7-9-17(19)10-8-16/h7-11,15H,4-6,12-14H2,1-3H3/q+1. The fourth-order valence-electron chi connectivity index (χ4n) is 2.83. The van der Waals surface area contributed by atoms with E-state index in [0.717, 1.165) is 53.4 Å². The number of ketones is 1. The minimum absolute atomic E-state index is 0.0910. The lowest BCUT2D eigenvalue weighted by Crippen LogP contribution is -2.44. The van der Waals surface area contributed by atoms with Gasteiger partial charge in [-0.3, -0.25) is 9.28 Å². The van der Waals surface area contributed by atoms with E-state index >= 15 is 0 Å². The Hall–Kier alpha value is -0.930.